The minimum atomic E-state index is -0.499. The molecule has 18 heavy (non-hydrogen) atoms. The van der Waals surface area contributed by atoms with Crippen molar-refractivity contribution in [3.05, 3.63) is 24.0 Å². The van der Waals surface area contributed by atoms with Crippen LogP contribution in [0.4, 0.5) is 5.69 Å². The number of carbonyl (C=O) groups is 1. The van der Waals surface area contributed by atoms with E-state index in [-0.39, 0.29) is 10.9 Å². The van der Waals surface area contributed by atoms with Crippen LogP contribution < -0.4 is 16.4 Å². The Morgan fingerprint density at radius 1 is 1.56 bits per heavy atom. The molecule has 5 nitrogen and oxygen atoms in total. The Hall–Kier alpha value is -1.69. The van der Waals surface area contributed by atoms with E-state index in [1.54, 1.807) is 19.3 Å². The quantitative estimate of drug-likeness (QED) is 0.690. The second-order valence-electron chi connectivity index (χ2n) is 4.61. The van der Waals surface area contributed by atoms with Gasteiger partial charge in [0.05, 0.1) is 11.1 Å². The molecule has 0 fully saturated rings. The highest BCUT2D eigenvalue weighted by molar-refractivity contribution is 7.80. The fourth-order valence-electron chi connectivity index (χ4n) is 1.42. The summed E-state index contributed by atoms with van der Waals surface area (Å²) >= 11 is 4.86. The van der Waals surface area contributed by atoms with Crippen molar-refractivity contribution in [1.82, 2.24) is 10.3 Å². The molecule has 1 aromatic heterocycles. The van der Waals surface area contributed by atoms with Crippen LogP contribution in [0.15, 0.2) is 18.3 Å². The van der Waals surface area contributed by atoms with E-state index >= 15 is 0 Å². The molecule has 0 atom stereocenters. The van der Waals surface area contributed by atoms with Crippen LogP contribution in [0.25, 0.3) is 0 Å². The Bertz CT molecular complexity index is 459. The molecule has 0 bridgehead atoms. The number of nitrogens with two attached hydrogens (primary N) is 1. The van der Waals surface area contributed by atoms with Gasteiger partial charge in [0.1, 0.15) is 4.99 Å². The summed E-state index contributed by atoms with van der Waals surface area (Å²) in [5.41, 5.74) is 6.41. The SMILES string of the molecule is CNC(=O)C(C)(C)CNc1ccnc(C(N)=S)c1. The number of thiocarbonyl (C=S) groups is 1. The molecule has 0 saturated heterocycles. The van der Waals surface area contributed by atoms with Gasteiger partial charge in [0.2, 0.25) is 5.91 Å². The van der Waals surface area contributed by atoms with Crippen LogP contribution in [0.1, 0.15) is 19.5 Å². The van der Waals surface area contributed by atoms with Gasteiger partial charge >= 0.3 is 0 Å². The lowest BCUT2D eigenvalue weighted by Crippen LogP contribution is -2.39. The number of rotatable bonds is 5. The molecule has 0 aliphatic rings. The number of hydrogen-bond donors (Lipinski definition) is 3. The highest BCUT2D eigenvalue weighted by atomic mass is 32.1. The Balaban J connectivity index is 2.72. The van der Waals surface area contributed by atoms with E-state index in [1.165, 1.54) is 0 Å². The van der Waals surface area contributed by atoms with Crippen molar-refractivity contribution in [2.45, 2.75) is 13.8 Å². The number of nitrogens with zero attached hydrogens (tertiary/aromatic N) is 1. The van der Waals surface area contributed by atoms with Crippen LogP contribution >= 0.6 is 12.2 Å². The average Bonchev–Trinajstić information content (AvgIpc) is 2.35. The normalized spacial score (nSPS) is 10.8. The molecule has 1 aromatic rings. The molecule has 1 heterocycles. The number of nitrogens with one attached hydrogen (secondary N) is 2. The number of pyridine rings is 1. The average molecular weight is 266 g/mol. The Labute approximate surface area is 112 Å². The topological polar surface area (TPSA) is 80.0 Å². The zero-order valence-corrected chi connectivity index (χ0v) is 11.6. The number of carbonyl (C=O) groups excluding carboxylic acids is 1. The number of amides is 1. The fraction of sp³-hybridized carbons (Fsp3) is 0.417. The van der Waals surface area contributed by atoms with Crippen molar-refractivity contribution < 1.29 is 4.79 Å². The summed E-state index contributed by atoms with van der Waals surface area (Å²) < 4.78 is 0. The number of hydrogen-bond acceptors (Lipinski definition) is 4. The van der Waals surface area contributed by atoms with Crippen molar-refractivity contribution in [2.75, 3.05) is 18.9 Å². The summed E-state index contributed by atoms with van der Waals surface area (Å²) in [6, 6.07) is 3.57. The highest BCUT2D eigenvalue weighted by Gasteiger charge is 2.26. The molecule has 0 aromatic carbocycles. The standard InChI is InChI=1S/C12H18N4OS/c1-12(2,11(17)14-3)7-16-8-4-5-15-9(6-8)10(13)18/h4-6H,7H2,1-3H3,(H2,13,18)(H,14,17)(H,15,16). The van der Waals surface area contributed by atoms with Crippen molar-refractivity contribution in [1.29, 1.82) is 0 Å². The summed E-state index contributed by atoms with van der Waals surface area (Å²) in [5.74, 6) is -0.0152. The van der Waals surface area contributed by atoms with Gasteiger partial charge in [-0.2, -0.15) is 0 Å². The van der Waals surface area contributed by atoms with Gasteiger partial charge in [-0.1, -0.05) is 12.2 Å². The molecule has 1 rings (SSSR count). The van der Waals surface area contributed by atoms with Crippen molar-refractivity contribution in [3.63, 3.8) is 0 Å². The van der Waals surface area contributed by atoms with Gasteiger partial charge < -0.3 is 16.4 Å². The molecule has 0 unspecified atom stereocenters. The summed E-state index contributed by atoms with van der Waals surface area (Å²) in [7, 11) is 1.63. The van der Waals surface area contributed by atoms with Gasteiger partial charge in [0.25, 0.3) is 0 Å². The Morgan fingerprint density at radius 2 is 2.22 bits per heavy atom. The van der Waals surface area contributed by atoms with Gasteiger partial charge in [-0.05, 0) is 26.0 Å². The lowest BCUT2D eigenvalue weighted by atomic mass is 9.92. The van der Waals surface area contributed by atoms with E-state index in [4.69, 9.17) is 18.0 Å². The molecule has 98 valence electrons. The smallest absolute Gasteiger partial charge is 0.227 e. The maximum absolute atomic E-state index is 11.6. The summed E-state index contributed by atoms with van der Waals surface area (Å²) in [6.45, 7) is 4.25. The predicted molar refractivity (Wildman–Crippen MR) is 76.5 cm³/mol. The second kappa shape index (κ2) is 5.77. The molecule has 0 aliphatic heterocycles. The third kappa shape index (κ3) is 3.66. The first-order valence-electron chi connectivity index (χ1n) is 5.59. The van der Waals surface area contributed by atoms with Crippen LogP contribution in [0.2, 0.25) is 0 Å². The third-order valence-corrected chi connectivity index (χ3v) is 2.80. The maximum Gasteiger partial charge on any atom is 0.227 e. The molecule has 0 saturated carbocycles. The number of anilines is 1. The van der Waals surface area contributed by atoms with Crippen molar-refractivity contribution in [3.8, 4) is 0 Å². The molecule has 1 amide bonds. The summed E-state index contributed by atoms with van der Waals surface area (Å²) in [5, 5.41) is 5.82. The van der Waals surface area contributed by atoms with Gasteiger partial charge in [-0.15, -0.1) is 0 Å². The van der Waals surface area contributed by atoms with E-state index < -0.39 is 5.41 Å². The van der Waals surface area contributed by atoms with Gasteiger partial charge in [-0.3, -0.25) is 9.78 Å². The molecule has 0 radical (unpaired) electrons. The second-order valence-corrected chi connectivity index (χ2v) is 5.05. The fourth-order valence-corrected chi connectivity index (χ4v) is 1.53. The third-order valence-electron chi connectivity index (χ3n) is 2.59. The van der Waals surface area contributed by atoms with E-state index in [0.717, 1.165) is 5.69 Å². The van der Waals surface area contributed by atoms with Crippen LogP contribution in [0.5, 0.6) is 0 Å². The van der Waals surface area contributed by atoms with Crippen LogP contribution in [0, 0.1) is 5.41 Å². The van der Waals surface area contributed by atoms with E-state index in [9.17, 15) is 4.79 Å². The van der Waals surface area contributed by atoms with Gasteiger partial charge in [-0.25, -0.2) is 0 Å². The lowest BCUT2D eigenvalue weighted by Gasteiger charge is -2.23. The van der Waals surface area contributed by atoms with E-state index in [1.807, 2.05) is 19.9 Å². The Morgan fingerprint density at radius 3 is 2.78 bits per heavy atom. The van der Waals surface area contributed by atoms with Crippen LogP contribution in [0.3, 0.4) is 0 Å². The first-order valence-corrected chi connectivity index (χ1v) is 5.99. The zero-order chi connectivity index (χ0) is 13.8. The molecular formula is C12H18N4OS. The first kappa shape index (κ1) is 14.4. The monoisotopic (exact) mass is 266 g/mol. The van der Waals surface area contributed by atoms with Gasteiger partial charge in [0.15, 0.2) is 0 Å². The zero-order valence-electron chi connectivity index (χ0n) is 10.8. The van der Waals surface area contributed by atoms with Crippen LogP contribution in [-0.2, 0) is 4.79 Å². The largest absolute Gasteiger partial charge is 0.388 e. The highest BCUT2D eigenvalue weighted by Crippen LogP contribution is 2.17. The van der Waals surface area contributed by atoms with Crippen molar-refractivity contribution >= 4 is 28.8 Å². The molecule has 0 spiro atoms. The number of aromatic nitrogens is 1. The molecule has 6 heteroatoms. The summed E-state index contributed by atoms with van der Waals surface area (Å²) in [4.78, 5) is 15.9. The summed E-state index contributed by atoms with van der Waals surface area (Å²) in [6.07, 6.45) is 1.63. The minimum Gasteiger partial charge on any atom is -0.388 e. The first-order chi connectivity index (χ1) is 8.36. The lowest BCUT2D eigenvalue weighted by molar-refractivity contribution is -0.128. The molecule has 4 N–H and O–H groups in total. The van der Waals surface area contributed by atoms with Gasteiger partial charge in [0, 0.05) is 25.5 Å². The molecule has 0 aliphatic carbocycles. The van der Waals surface area contributed by atoms with E-state index in [0.29, 0.717) is 12.2 Å². The van der Waals surface area contributed by atoms with Crippen molar-refractivity contribution in [2.24, 2.45) is 11.1 Å². The Kier molecular flexibility index (Phi) is 4.61. The molecular weight excluding hydrogens is 248 g/mol. The maximum atomic E-state index is 11.6. The van der Waals surface area contributed by atoms with E-state index in [2.05, 4.69) is 15.6 Å². The predicted octanol–water partition coefficient (Wildman–Crippen LogP) is 0.900. The van der Waals surface area contributed by atoms with Crippen LogP contribution in [-0.4, -0.2) is 29.5 Å². The minimum absolute atomic E-state index is 0.0152.